The second-order valence-corrected chi connectivity index (χ2v) is 6.27. The molecule has 1 N–H and O–H groups in total. The zero-order chi connectivity index (χ0) is 15.3. The number of benzene rings is 1. The van der Waals surface area contributed by atoms with Crippen molar-refractivity contribution in [2.45, 2.75) is 52.8 Å². The van der Waals surface area contributed by atoms with E-state index in [4.69, 9.17) is 4.74 Å². The molecule has 0 aliphatic heterocycles. The zero-order valence-corrected chi connectivity index (χ0v) is 12.9. The van der Waals surface area contributed by atoms with Crippen LogP contribution in [0, 0.1) is 11.7 Å². The fourth-order valence-electron chi connectivity index (χ4n) is 1.83. The van der Waals surface area contributed by atoms with Crippen molar-refractivity contribution in [2.24, 2.45) is 5.92 Å². The first-order chi connectivity index (χ1) is 9.19. The summed E-state index contributed by atoms with van der Waals surface area (Å²) in [5.74, 6) is -0.454. The van der Waals surface area contributed by atoms with Gasteiger partial charge < -0.3 is 10.1 Å². The molecule has 0 fully saturated rings. The SMILES string of the molecule is CC(C)C(NCc1cccc(F)c1)C(=O)OC(C)(C)C. The van der Waals surface area contributed by atoms with Crippen molar-refractivity contribution in [3.05, 3.63) is 35.6 Å². The van der Waals surface area contributed by atoms with Crippen molar-refractivity contribution in [3.8, 4) is 0 Å². The van der Waals surface area contributed by atoms with Gasteiger partial charge in [0, 0.05) is 6.54 Å². The Balaban J connectivity index is 2.66. The van der Waals surface area contributed by atoms with Gasteiger partial charge in [-0.05, 0) is 44.4 Å². The third-order valence-corrected chi connectivity index (χ3v) is 2.74. The van der Waals surface area contributed by atoms with Crippen LogP contribution in [0.5, 0.6) is 0 Å². The number of hydrogen-bond acceptors (Lipinski definition) is 3. The van der Waals surface area contributed by atoms with Crippen LogP contribution in [0.15, 0.2) is 24.3 Å². The number of carbonyl (C=O) groups excluding carboxylic acids is 1. The van der Waals surface area contributed by atoms with E-state index in [9.17, 15) is 9.18 Å². The highest BCUT2D eigenvalue weighted by Crippen LogP contribution is 2.13. The second kappa shape index (κ2) is 6.84. The smallest absolute Gasteiger partial charge is 0.323 e. The average molecular weight is 281 g/mol. The Hall–Kier alpha value is -1.42. The van der Waals surface area contributed by atoms with Crippen LogP contribution in [0.4, 0.5) is 4.39 Å². The van der Waals surface area contributed by atoms with Crippen molar-refractivity contribution in [1.82, 2.24) is 5.32 Å². The van der Waals surface area contributed by atoms with E-state index in [1.807, 2.05) is 40.7 Å². The van der Waals surface area contributed by atoms with Crippen molar-refractivity contribution in [2.75, 3.05) is 0 Å². The number of rotatable bonds is 5. The maximum Gasteiger partial charge on any atom is 0.323 e. The van der Waals surface area contributed by atoms with Crippen LogP contribution < -0.4 is 5.32 Å². The van der Waals surface area contributed by atoms with Gasteiger partial charge in [0.15, 0.2) is 0 Å². The summed E-state index contributed by atoms with van der Waals surface area (Å²) in [6, 6.07) is 5.93. The van der Waals surface area contributed by atoms with Crippen molar-refractivity contribution < 1.29 is 13.9 Å². The molecule has 0 aliphatic carbocycles. The van der Waals surface area contributed by atoms with E-state index in [2.05, 4.69) is 5.32 Å². The van der Waals surface area contributed by atoms with E-state index < -0.39 is 11.6 Å². The highest BCUT2D eigenvalue weighted by Gasteiger charge is 2.27. The number of ether oxygens (including phenoxy) is 1. The first kappa shape index (κ1) is 16.6. The summed E-state index contributed by atoms with van der Waals surface area (Å²) in [5, 5.41) is 3.14. The molecule has 0 aromatic heterocycles. The fraction of sp³-hybridized carbons (Fsp3) is 0.562. The molecule has 1 aromatic carbocycles. The predicted molar refractivity (Wildman–Crippen MR) is 77.7 cm³/mol. The Morgan fingerprint density at radius 3 is 2.50 bits per heavy atom. The third kappa shape index (κ3) is 5.70. The fourth-order valence-corrected chi connectivity index (χ4v) is 1.83. The first-order valence-corrected chi connectivity index (χ1v) is 6.90. The Labute approximate surface area is 120 Å². The summed E-state index contributed by atoms with van der Waals surface area (Å²) in [6.07, 6.45) is 0. The second-order valence-electron chi connectivity index (χ2n) is 6.27. The lowest BCUT2D eigenvalue weighted by Gasteiger charge is -2.26. The molecule has 0 bridgehead atoms. The number of halogens is 1. The molecule has 1 unspecified atom stereocenters. The monoisotopic (exact) mass is 281 g/mol. The minimum absolute atomic E-state index is 0.0957. The van der Waals surface area contributed by atoms with E-state index in [0.29, 0.717) is 6.54 Å². The lowest BCUT2D eigenvalue weighted by Crippen LogP contribution is -2.44. The molecule has 0 heterocycles. The lowest BCUT2D eigenvalue weighted by molar-refractivity contribution is -0.158. The Bertz CT molecular complexity index is 452. The maximum atomic E-state index is 13.1. The molecule has 0 amide bonds. The summed E-state index contributed by atoms with van der Waals surface area (Å²) >= 11 is 0. The van der Waals surface area contributed by atoms with Crippen LogP contribution >= 0.6 is 0 Å². The Kier molecular flexibility index (Phi) is 5.69. The van der Waals surface area contributed by atoms with Gasteiger partial charge >= 0.3 is 5.97 Å². The largest absolute Gasteiger partial charge is 0.459 e. The van der Waals surface area contributed by atoms with Gasteiger partial charge in [-0.25, -0.2) is 4.39 Å². The summed E-state index contributed by atoms with van der Waals surface area (Å²) in [6.45, 7) is 9.86. The van der Waals surface area contributed by atoms with Crippen molar-refractivity contribution in [3.63, 3.8) is 0 Å². The normalized spacial score (nSPS) is 13.3. The molecule has 3 nitrogen and oxygen atoms in total. The number of nitrogens with one attached hydrogen (secondary N) is 1. The van der Waals surface area contributed by atoms with Crippen LogP contribution in [0.3, 0.4) is 0 Å². The van der Waals surface area contributed by atoms with Crippen LogP contribution in [-0.2, 0) is 16.1 Å². The summed E-state index contributed by atoms with van der Waals surface area (Å²) < 4.78 is 18.5. The average Bonchev–Trinajstić information content (AvgIpc) is 2.26. The molecular formula is C16H24FNO2. The van der Waals surface area contributed by atoms with Gasteiger partial charge in [0.1, 0.15) is 17.5 Å². The molecule has 0 saturated carbocycles. The highest BCUT2D eigenvalue weighted by atomic mass is 19.1. The summed E-state index contributed by atoms with van der Waals surface area (Å²) in [5.41, 5.74) is 0.296. The maximum absolute atomic E-state index is 13.1. The molecule has 20 heavy (non-hydrogen) atoms. The van der Waals surface area contributed by atoms with Crippen molar-refractivity contribution >= 4 is 5.97 Å². The minimum atomic E-state index is -0.509. The highest BCUT2D eigenvalue weighted by molar-refractivity contribution is 5.76. The topological polar surface area (TPSA) is 38.3 Å². The van der Waals surface area contributed by atoms with Gasteiger partial charge in [-0.1, -0.05) is 26.0 Å². The van der Waals surface area contributed by atoms with Gasteiger partial charge in [-0.3, -0.25) is 4.79 Å². The van der Waals surface area contributed by atoms with Crippen LogP contribution in [-0.4, -0.2) is 17.6 Å². The first-order valence-electron chi connectivity index (χ1n) is 6.90. The summed E-state index contributed by atoms with van der Waals surface area (Å²) in [7, 11) is 0. The Morgan fingerprint density at radius 1 is 1.35 bits per heavy atom. The van der Waals surface area contributed by atoms with Gasteiger partial charge in [-0.2, -0.15) is 0 Å². The van der Waals surface area contributed by atoms with E-state index in [1.165, 1.54) is 12.1 Å². The van der Waals surface area contributed by atoms with Crippen LogP contribution in [0.25, 0.3) is 0 Å². The lowest BCUT2D eigenvalue weighted by atomic mass is 10.0. The standard InChI is InChI=1S/C16H24FNO2/c1-11(2)14(15(19)20-16(3,4)5)18-10-12-7-6-8-13(17)9-12/h6-9,11,14,18H,10H2,1-5H3. The third-order valence-electron chi connectivity index (χ3n) is 2.74. The molecule has 112 valence electrons. The van der Waals surface area contributed by atoms with E-state index in [0.717, 1.165) is 5.56 Å². The van der Waals surface area contributed by atoms with Gasteiger partial charge in [0.05, 0.1) is 0 Å². The predicted octanol–water partition coefficient (Wildman–Crippen LogP) is 3.28. The zero-order valence-electron chi connectivity index (χ0n) is 12.9. The Morgan fingerprint density at radius 2 is 2.00 bits per heavy atom. The molecule has 1 atom stereocenters. The number of hydrogen-bond donors (Lipinski definition) is 1. The van der Waals surface area contributed by atoms with E-state index >= 15 is 0 Å². The van der Waals surface area contributed by atoms with Crippen LogP contribution in [0.2, 0.25) is 0 Å². The molecule has 1 aromatic rings. The minimum Gasteiger partial charge on any atom is -0.459 e. The number of carbonyl (C=O) groups is 1. The van der Waals surface area contributed by atoms with E-state index in [-0.39, 0.29) is 17.7 Å². The number of esters is 1. The van der Waals surface area contributed by atoms with E-state index in [1.54, 1.807) is 6.07 Å². The molecule has 0 saturated heterocycles. The molecule has 4 heteroatoms. The molecule has 0 radical (unpaired) electrons. The van der Waals surface area contributed by atoms with Gasteiger partial charge in [0.25, 0.3) is 0 Å². The summed E-state index contributed by atoms with van der Waals surface area (Å²) in [4.78, 5) is 12.1. The molecule has 0 aliphatic rings. The quantitative estimate of drug-likeness (QED) is 0.842. The van der Waals surface area contributed by atoms with Gasteiger partial charge in [0.2, 0.25) is 0 Å². The molecule has 0 spiro atoms. The van der Waals surface area contributed by atoms with Gasteiger partial charge in [-0.15, -0.1) is 0 Å². The van der Waals surface area contributed by atoms with Crippen LogP contribution in [0.1, 0.15) is 40.2 Å². The van der Waals surface area contributed by atoms with Crippen molar-refractivity contribution in [1.29, 1.82) is 0 Å². The molecule has 1 rings (SSSR count). The molecular weight excluding hydrogens is 257 g/mol.